The molecule has 0 heterocycles. The molecular weight excluding hydrogens is 186 g/mol. The summed E-state index contributed by atoms with van der Waals surface area (Å²) in [6, 6.07) is 0. The normalized spacial score (nSPS) is 21.7. The van der Waals surface area contributed by atoms with Crippen molar-refractivity contribution in [2.45, 2.75) is 38.0 Å². The van der Waals surface area contributed by atoms with Crippen molar-refractivity contribution in [3.05, 3.63) is 0 Å². The maximum absolute atomic E-state index is 12.2. The molecule has 0 amide bonds. The van der Waals surface area contributed by atoms with Crippen LogP contribution in [0.25, 0.3) is 0 Å². The molecule has 0 aliphatic heterocycles. The van der Waals surface area contributed by atoms with Crippen LogP contribution < -0.4 is 0 Å². The summed E-state index contributed by atoms with van der Waals surface area (Å²) in [5.74, 6) is -1.15. The molecule has 1 saturated carbocycles. The number of carbonyl (C=O) groups is 1. The lowest BCUT2D eigenvalue weighted by atomic mass is 9.67. The Morgan fingerprint density at radius 1 is 1.58 bits per heavy atom. The number of alkyl halides is 3. The van der Waals surface area contributed by atoms with E-state index in [1.807, 2.05) is 6.92 Å². The minimum atomic E-state index is -3.67. The van der Waals surface area contributed by atoms with Gasteiger partial charge >= 0.3 is 5.38 Å². The Bertz CT molecular complexity index is 194. The van der Waals surface area contributed by atoms with Gasteiger partial charge in [0.25, 0.3) is 0 Å². The summed E-state index contributed by atoms with van der Waals surface area (Å²) in [5, 5.41) is -3.67. The predicted molar refractivity (Wildman–Crippen MR) is 42.4 cm³/mol. The number of rotatable bonds is 3. The number of ketones is 1. The molecule has 1 aliphatic carbocycles. The molecule has 1 fully saturated rings. The van der Waals surface area contributed by atoms with Gasteiger partial charge in [0, 0.05) is 6.42 Å². The topological polar surface area (TPSA) is 17.1 Å². The van der Waals surface area contributed by atoms with E-state index in [0.717, 1.165) is 19.3 Å². The van der Waals surface area contributed by atoms with E-state index in [4.69, 9.17) is 0 Å². The van der Waals surface area contributed by atoms with Crippen molar-refractivity contribution in [3.63, 3.8) is 0 Å². The van der Waals surface area contributed by atoms with Crippen LogP contribution >= 0.6 is 11.6 Å². The van der Waals surface area contributed by atoms with Gasteiger partial charge in [-0.2, -0.15) is 8.78 Å². The Kier molecular flexibility index (Phi) is 2.43. The molecule has 1 nitrogen and oxygen atoms in total. The number of hydrogen-bond acceptors (Lipinski definition) is 1. The lowest BCUT2D eigenvalue weighted by molar-refractivity contribution is -0.137. The van der Waals surface area contributed by atoms with Gasteiger partial charge in [0.2, 0.25) is 5.78 Å². The molecular formula is C8H11ClF2O. The first kappa shape index (κ1) is 9.90. The Morgan fingerprint density at radius 2 is 2.08 bits per heavy atom. The molecule has 0 atom stereocenters. The summed E-state index contributed by atoms with van der Waals surface area (Å²) >= 11 is 4.59. The third-order valence-corrected chi connectivity index (χ3v) is 2.67. The largest absolute Gasteiger partial charge is 0.380 e. The van der Waals surface area contributed by atoms with Crippen LogP contribution in [0.1, 0.15) is 32.6 Å². The third kappa shape index (κ3) is 2.16. The van der Waals surface area contributed by atoms with E-state index in [9.17, 15) is 13.6 Å². The second-order valence-corrected chi connectivity index (χ2v) is 4.24. The third-order valence-electron chi connectivity index (χ3n) is 2.46. The molecule has 0 bridgehead atoms. The zero-order valence-electron chi connectivity index (χ0n) is 6.87. The van der Waals surface area contributed by atoms with Crippen LogP contribution in [-0.4, -0.2) is 11.2 Å². The molecule has 0 aromatic carbocycles. The van der Waals surface area contributed by atoms with Gasteiger partial charge < -0.3 is 0 Å². The summed E-state index contributed by atoms with van der Waals surface area (Å²) in [7, 11) is 0. The smallest absolute Gasteiger partial charge is 0.291 e. The molecule has 70 valence electrons. The van der Waals surface area contributed by atoms with Gasteiger partial charge in [0.05, 0.1) is 0 Å². The van der Waals surface area contributed by atoms with Crippen LogP contribution in [-0.2, 0) is 4.79 Å². The average molecular weight is 197 g/mol. The van der Waals surface area contributed by atoms with E-state index in [1.54, 1.807) is 0 Å². The van der Waals surface area contributed by atoms with Crippen LogP contribution in [0.4, 0.5) is 8.78 Å². The zero-order valence-corrected chi connectivity index (χ0v) is 7.63. The van der Waals surface area contributed by atoms with Crippen molar-refractivity contribution in [1.82, 2.24) is 0 Å². The van der Waals surface area contributed by atoms with E-state index in [1.165, 1.54) is 0 Å². The molecule has 0 unspecified atom stereocenters. The van der Waals surface area contributed by atoms with Gasteiger partial charge in [-0.05, 0) is 29.9 Å². The van der Waals surface area contributed by atoms with Crippen molar-refractivity contribution in [2.24, 2.45) is 5.41 Å². The lowest BCUT2D eigenvalue weighted by Crippen LogP contribution is -2.33. The Labute approximate surface area is 75.1 Å². The minimum Gasteiger partial charge on any atom is -0.291 e. The number of hydrogen-bond donors (Lipinski definition) is 0. The molecule has 0 radical (unpaired) electrons. The molecule has 1 rings (SSSR count). The van der Waals surface area contributed by atoms with E-state index in [2.05, 4.69) is 11.6 Å². The fourth-order valence-corrected chi connectivity index (χ4v) is 1.51. The summed E-state index contributed by atoms with van der Waals surface area (Å²) in [4.78, 5) is 10.8. The first-order valence-electron chi connectivity index (χ1n) is 3.94. The summed E-state index contributed by atoms with van der Waals surface area (Å²) in [6.07, 6.45) is 2.64. The van der Waals surface area contributed by atoms with Crippen LogP contribution in [0.3, 0.4) is 0 Å². The highest BCUT2D eigenvalue weighted by Crippen LogP contribution is 2.44. The van der Waals surface area contributed by atoms with Crippen LogP contribution in [0, 0.1) is 5.41 Å². The van der Waals surface area contributed by atoms with Crippen molar-refractivity contribution >= 4 is 17.4 Å². The first-order valence-corrected chi connectivity index (χ1v) is 4.31. The van der Waals surface area contributed by atoms with Crippen molar-refractivity contribution in [1.29, 1.82) is 0 Å². The maximum atomic E-state index is 12.2. The molecule has 0 N–H and O–H groups in total. The number of Topliss-reactive ketones (excluding diaryl/α,β-unsaturated/α-hetero) is 1. The second-order valence-electron chi connectivity index (χ2n) is 3.76. The number of carbonyl (C=O) groups excluding carboxylic acids is 1. The highest BCUT2D eigenvalue weighted by molar-refractivity contribution is 6.32. The minimum absolute atomic E-state index is 0.0938. The highest BCUT2D eigenvalue weighted by atomic mass is 35.5. The second kappa shape index (κ2) is 2.95. The van der Waals surface area contributed by atoms with Crippen LogP contribution in [0.15, 0.2) is 0 Å². The summed E-state index contributed by atoms with van der Waals surface area (Å²) in [6.45, 7) is 1.84. The van der Waals surface area contributed by atoms with Gasteiger partial charge in [-0.1, -0.05) is 13.3 Å². The monoisotopic (exact) mass is 196 g/mol. The van der Waals surface area contributed by atoms with E-state index >= 15 is 0 Å². The Balaban J connectivity index is 2.46. The van der Waals surface area contributed by atoms with Gasteiger partial charge in [-0.3, -0.25) is 4.79 Å². The average Bonchev–Trinajstić information content (AvgIpc) is 1.82. The standard InChI is InChI=1S/C8H11ClF2O/c1-7(3-2-4-7)5-6(12)8(9,10)11/h2-5H2,1H3. The Morgan fingerprint density at radius 3 is 2.33 bits per heavy atom. The van der Waals surface area contributed by atoms with E-state index in [0.29, 0.717) is 0 Å². The van der Waals surface area contributed by atoms with Gasteiger partial charge in [-0.25, -0.2) is 0 Å². The quantitative estimate of drug-likeness (QED) is 0.635. The van der Waals surface area contributed by atoms with Gasteiger partial charge in [0.15, 0.2) is 0 Å². The maximum Gasteiger partial charge on any atom is 0.380 e. The molecule has 0 spiro atoms. The summed E-state index contributed by atoms with van der Waals surface area (Å²) < 4.78 is 24.4. The van der Waals surface area contributed by atoms with E-state index < -0.39 is 11.2 Å². The van der Waals surface area contributed by atoms with Crippen molar-refractivity contribution in [2.75, 3.05) is 0 Å². The fourth-order valence-electron chi connectivity index (χ4n) is 1.44. The van der Waals surface area contributed by atoms with Crippen molar-refractivity contribution < 1.29 is 13.6 Å². The first-order chi connectivity index (χ1) is 5.33. The van der Waals surface area contributed by atoms with Crippen molar-refractivity contribution in [3.8, 4) is 0 Å². The van der Waals surface area contributed by atoms with Gasteiger partial charge in [0.1, 0.15) is 0 Å². The zero-order chi connectivity index (χ0) is 9.41. The predicted octanol–water partition coefficient (Wildman–Crippen LogP) is 2.97. The molecule has 1 aliphatic rings. The lowest BCUT2D eigenvalue weighted by Gasteiger charge is -2.38. The van der Waals surface area contributed by atoms with Gasteiger partial charge in [-0.15, -0.1) is 0 Å². The molecule has 0 saturated heterocycles. The highest BCUT2D eigenvalue weighted by Gasteiger charge is 2.42. The summed E-state index contributed by atoms with van der Waals surface area (Å²) in [5.41, 5.74) is -0.213. The van der Waals surface area contributed by atoms with Crippen LogP contribution in [0.5, 0.6) is 0 Å². The SMILES string of the molecule is CC1(CC(=O)C(F)(F)Cl)CCC1. The molecule has 4 heteroatoms. The molecule has 0 aromatic heterocycles. The fraction of sp³-hybridized carbons (Fsp3) is 0.875. The molecule has 12 heavy (non-hydrogen) atoms. The van der Waals surface area contributed by atoms with Crippen LogP contribution in [0.2, 0.25) is 0 Å². The Hall–Kier alpha value is -0.180. The van der Waals surface area contributed by atoms with E-state index in [-0.39, 0.29) is 11.8 Å². The number of halogens is 3. The molecule has 0 aromatic rings.